The molecular formula is C8H10FN3O3S. The maximum atomic E-state index is 12.7. The minimum atomic E-state index is -3.95. The van der Waals surface area contributed by atoms with Gasteiger partial charge in [0.05, 0.1) is 12.2 Å². The molecule has 0 aliphatic rings. The molecule has 1 amide bonds. The van der Waals surface area contributed by atoms with Crippen LogP contribution in [-0.4, -0.2) is 20.9 Å². The van der Waals surface area contributed by atoms with E-state index in [4.69, 9.17) is 11.5 Å². The first-order valence-corrected chi connectivity index (χ1v) is 5.64. The van der Waals surface area contributed by atoms with Crippen molar-refractivity contribution in [3.8, 4) is 0 Å². The first kappa shape index (κ1) is 12.4. The summed E-state index contributed by atoms with van der Waals surface area (Å²) in [5.74, 6) is -1.48. The zero-order valence-electron chi connectivity index (χ0n) is 8.10. The third-order valence-electron chi connectivity index (χ3n) is 1.70. The standard InChI is InChI=1S/C8H10FN3O3S/c9-5-1-2-7(6(10)3-5)16(14,15)12-4-8(11)13/h1-3,12H,4,10H2,(H2,11,13). The van der Waals surface area contributed by atoms with Gasteiger partial charge in [0.15, 0.2) is 0 Å². The van der Waals surface area contributed by atoms with E-state index >= 15 is 0 Å². The van der Waals surface area contributed by atoms with Crippen LogP contribution in [0.5, 0.6) is 0 Å². The van der Waals surface area contributed by atoms with E-state index in [0.29, 0.717) is 0 Å². The predicted octanol–water partition coefficient (Wildman–Crippen LogP) is -0.829. The van der Waals surface area contributed by atoms with Crippen LogP contribution in [0, 0.1) is 5.82 Å². The highest BCUT2D eigenvalue weighted by atomic mass is 32.2. The molecule has 1 aromatic rings. The number of sulfonamides is 1. The molecule has 0 saturated heterocycles. The van der Waals surface area contributed by atoms with Gasteiger partial charge in [-0.2, -0.15) is 0 Å². The van der Waals surface area contributed by atoms with Crippen LogP contribution in [0.15, 0.2) is 23.1 Å². The fourth-order valence-corrected chi connectivity index (χ4v) is 2.11. The Bertz CT molecular complexity index is 515. The Morgan fingerprint density at radius 3 is 2.56 bits per heavy atom. The van der Waals surface area contributed by atoms with E-state index in [1.54, 1.807) is 0 Å². The molecule has 0 aliphatic carbocycles. The lowest BCUT2D eigenvalue weighted by molar-refractivity contribution is -0.116. The van der Waals surface area contributed by atoms with E-state index in [-0.39, 0.29) is 10.6 Å². The molecule has 5 N–H and O–H groups in total. The largest absolute Gasteiger partial charge is 0.398 e. The quantitative estimate of drug-likeness (QED) is 0.602. The van der Waals surface area contributed by atoms with Gasteiger partial charge in [0, 0.05) is 0 Å². The molecule has 0 aliphatic heterocycles. The normalized spacial score (nSPS) is 11.3. The lowest BCUT2D eigenvalue weighted by Gasteiger charge is -2.07. The Labute approximate surface area is 91.5 Å². The van der Waals surface area contributed by atoms with Gasteiger partial charge in [-0.15, -0.1) is 0 Å². The van der Waals surface area contributed by atoms with E-state index in [1.165, 1.54) is 0 Å². The minimum absolute atomic E-state index is 0.239. The van der Waals surface area contributed by atoms with Gasteiger partial charge < -0.3 is 11.5 Å². The number of nitrogen functional groups attached to an aromatic ring is 1. The van der Waals surface area contributed by atoms with Crippen LogP contribution in [0.3, 0.4) is 0 Å². The number of carbonyl (C=O) groups is 1. The lowest BCUT2D eigenvalue weighted by Crippen LogP contribution is -2.33. The summed E-state index contributed by atoms with van der Waals surface area (Å²) < 4.78 is 37.7. The topological polar surface area (TPSA) is 115 Å². The van der Waals surface area contributed by atoms with Gasteiger partial charge in [0.2, 0.25) is 15.9 Å². The monoisotopic (exact) mass is 247 g/mol. The minimum Gasteiger partial charge on any atom is -0.398 e. The number of amides is 1. The molecule has 0 aromatic heterocycles. The van der Waals surface area contributed by atoms with Crippen LogP contribution in [0.2, 0.25) is 0 Å². The molecule has 0 atom stereocenters. The van der Waals surface area contributed by atoms with E-state index in [9.17, 15) is 17.6 Å². The fraction of sp³-hybridized carbons (Fsp3) is 0.125. The molecule has 0 saturated carbocycles. The van der Waals surface area contributed by atoms with Crippen LogP contribution >= 0.6 is 0 Å². The maximum Gasteiger partial charge on any atom is 0.243 e. The zero-order valence-corrected chi connectivity index (χ0v) is 8.92. The van der Waals surface area contributed by atoms with Crippen molar-refractivity contribution in [1.29, 1.82) is 0 Å². The average Bonchev–Trinajstić information content (AvgIpc) is 2.14. The zero-order chi connectivity index (χ0) is 12.3. The number of benzene rings is 1. The number of hydrogen-bond donors (Lipinski definition) is 3. The molecule has 1 aromatic carbocycles. The molecule has 0 spiro atoms. The Kier molecular flexibility index (Phi) is 3.45. The summed E-state index contributed by atoms with van der Waals surface area (Å²) in [6, 6.07) is 2.84. The number of primary amides is 1. The summed E-state index contributed by atoms with van der Waals surface area (Å²) in [4.78, 5) is 10.1. The Morgan fingerprint density at radius 2 is 2.06 bits per heavy atom. The van der Waals surface area contributed by atoms with Gasteiger partial charge in [-0.1, -0.05) is 0 Å². The van der Waals surface area contributed by atoms with Crippen LogP contribution < -0.4 is 16.2 Å². The lowest BCUT2D eigenvalue weighted by atomic mass is 10.3. The molecule has 0 heterocycles. The summed E-state index contributed by atoms with van der Waals surface area (Å²) in [6.07, 6.45) is 0. The molecule has 0 fully saturated rings. The van der Waals surface area contributed by atoms with Gasteiger partial charge in [0.25, 0.3) is 0 Å². The third-order valence-corrected chi connectivity index (χ3v) is 3.17. The Morgan fingerprint density at radius 1 is 1.44 bits per heavy atom. The van der Waals surface area contributed by atoms with E-state index in [0.717, 1.165) is 18.2 Å². The van der Waals surface area contributed by atoms with Crippen molar-refractivity contribution in [2.75, 3.05) is 12.3 Å². The van der Waals surface area contributed by atoms with Crippen molar-refractivity contribution >= 4 is 21.6 Å². The third kappa shape index (κ3) is 2.91. The summed E-state index contributed by atoms with van der Waals surface area (Å²) in [6.45, 7) is -0.543. The molecule has 1 rings (SSSR count). The van der Waals surface area contributed by atoms with Crippen LogP contribution in [0.25, 0.3) is 0 Å². The Hall–Kier alpha value is -1.67. The first-order chi connectivity index (χ1) is 7.33. The van der Waals surface area contributed by atoms with Gasteiger partial charge in [-0.05, 0) is 18.2 Å². The smallest absolute Gasteiger partial charge is 0.243 e. The van der Waals surface area contributed by atoms with Crippen molar-refractivity contribution in [3.05, 3.63) is 24.0 Å². The SMILES string of the molecule is NC(=O)CNS(=O)(=O)c1ccc(F)cc1N. The highest BCUT2D eigenvalue weighted by Crippen LogP contribution is 2.18. The van der Waals surface area contributed by atoms with E-state index in [2.05, 4.69) is 0 Å². The number of anilines is 1. The number of hydrogen-bond acceptors (Lipinski definition) is 4. The van der Waals surface area contributed by atoms with Gasteiger partial charge in [-0.25, -0.2) is 17.5 Å². The number of halogens is 1. The highest BCUT2D eigenvalue weighted by molar-refractivity contribution is 7.89. The maximum absolute atomic E-state index is 12.7. The molecule has 0 radical (unpaired) electrons. The first-order valence-electron chi connectivity index (χ1n) is 4.16. The molecule has 0 bridgehead atoms. The van der Waals surface area contributed by atoms with Crippen molar-refractivity contribution in [3.63, 3.8) is 0 Å². The summed E-state index contributed by atoms with van der Waals surface area (Å²) >= 11 is 0. The van der Waals surface area contributed by atoms with Gasteiger partial charge in [-0.3, -0.25) is 4.79 Å². The number of carbonyl (C=O) groups excluding carboxylic acids is 1. The number of nitrogens with two attached hydrogens (primary N) is 2. The molecule has 16 heavy (non-hydrogen) atoms. The predicted molar refractivity (Wildman–Crippen MR) is 55.2 cm³/mol. The van der Waals surface area contributed by atoms with E-state index < -0.39 is 28.3 Å². The van der Waals surface area contributed by atoms with Gasteiger partial charge in [0.1, 0.15) is 10.7 Å². The average molecular weight is 247 g/mol. The molecular weight excluding hydrogens is 237 g/mol. The molecule has 0 unspecified atom stereocenters. The van der Waals surface area contributed by atoms with Crippen molar-refractivity contribution in [2.45, 2.75) is 4.90 Å². The summed E-state index contributed by atoms with van der Waals surface area (Å²) in [5.41, 5.74) is 9.88. The molecule has 88 valence electrons. The van der Waals surface area contributed by atoms with Crippen molar-refractivity contribution in [1.82, 2.24) is 4.72 Å². The summed E-state index contributed by atoms with van der Waals surface area (Å²) in [5, 5.41) is 0. The second kappa shape index (κ2) is 4.45. The Balaban J connectivity index is 3.03. The second-order valence-corrected chi connectivity index (χ2v) is 4.71. The number of rotatable bonds is 4. The molecule has 6 nitrogen and oxygen atoms in total. The molecule has 8 heteroatoms. The van der Waals surface area contributed by atoms with Gasteiger partial charge >= 0.3 is 0 Å². The van der Waals surface area contributed by atoms with Crippen molar-refractivity contribution < 1.29 is 17.6 Å². The van der Waals surface area contributed by atoms with Crippen LogP contribution in [-0.2, 0) is 14.8 Å². The van der Waals surface area contributed by atoms with Crippen LogP contribution in [0.4, 0.5) is 10.1 Å². The highest BCUT2D eigenvalue weighted by Gasteiger charge is 2.17. The number of nitrogens with one attached hydrogen (secondary N) is 1. The fourth-order valence-electron chi connectivity index (χ4n) is 1.01. The van der Waals surface area contributed by atoms with Crippen molar-refractivity contribution in [2.24, 2.45) is 5.73 Å². The second-order valence-electron chi connectivity index (χ2n) is 2.97. The van der Waals surface area contributed by atoms with Crippen LogP contribution in [0.1, 0.15) is 0 Å². The summed E-state index contributed by atoms with van der Waals surface area (Å²) in [7, 11) is -3.95. The van der Waals surface area contributed by atoms with E-state index in [1.807, 2.05) is 4.72 Å².